The van der Waals surface area contributed by atoms with E-state index >= 15 is 0 Å². The third-order valence-corrected chi connectivity index (χ3v) is 6.10. The van der Waals surface area contributed by atoms with Gasteiger partial charge in [-0.05, 0) is 73.0 Å². The number of rotatable bonds is 7. The van der Waals surface area contributed by atoms with Gasteiger partial charge in [-0.3, -0.25) is 9.69 Å². The second-order valence-corrected chi connectivity index (χ2v) is 9.12. The molecule has 0 spiro atoms. The van der Waals surface area contributed by atoms with Gasteiger partial charge in [0.05, 0.1) is 10.6 Å². The van der Waals surface area contributed by atoms with Crippen molar-refractivity contribution < 1.29 is 14.3 Å². The van der Waals surface area contributed by atoms with Gasteiger partial charge in [-0.25, -0.2) is 0 Å². The average molecular weight is 462 g/mol. The number of ether oxygens (including phenoxy) is 2. The van der Waals surface area contributed by atoms with Crippen LogP contribution in [0.25, 0.3) is 6.08 Å². The zero-order valence-corrected chi connectivity index (χ0v) is 19.5. The number of benzene rings is 3. The molecule has 0 unspecified atom stereocenters. The number of amides is 1. The van der Waals surface area contributed by atoms with Crippen molar-refractivity contribution in [3.63, 3.8) is 0 Å². The predicted molar refractivity (Wildman–Crippen MR) is 135 cm³/mol. The van der Waals surface area contributed by atoms with E-state index < -0.39 is 0 Å². The fourth-order valence-electron chi connectivity index (χ4n) is 3.41. The van der Waals surface area contributed by atoms with E-state index in [0.717, 1.165) is 22.7 Å². The molecular weight excluding hydrogens is 438 g/mol. The summed E-state index contributed by atoms with van der Waals surface area (Å²) in [5.41, 5.74) is 4.05. The van der Waals surface area contributed by atoms with Crippen LogP contribution < -0.4 is 14.4 Å². The van der Waals surface area contributed by atoms with Crippen LogP contribution in [0.2, 0.25) is 0 Å². The van der Waals surface area contributed by atoms with Crippen molar-refractivity contribution >= 4 is 46.0 Å². The van der Waals surface area contributed by atoms with Crippen LogP contribution in [0.4, 0.5) is 5.69 Å². The number of anilines is 1. The Morgan fingerprint density at radius 2 is 1.50 bits per heavy atom. The molecule has 0 saturated carbocycles. The maximum absolute atomic E-state index is 12.8. The molecule has 0 bridgehead atoms. The highest BCUT2D eigenvalue weighted by atomic mass is 32.2. The van der Waals surface area contributed by atoms with Gasteiger partial charge in [0, 0.05) is 0 Å². The van der Waals surface area contributed by atoms with Crippen LogP contribution >= 0.6 is 24.0 Å². The molecular formula is C26H23NO3S2. The first kappa shape index (κ1) is 22.1. The Labute approximate surface area is 197 Å². The number of carbonyl (C=O) groups excluding carboxylic acids is 1. The zero-order chi connectivity index (χ0) is 22.5. The number of thioether (sulfide) groups is 1. The first-order valence-corrected chi connectivity index (χ1v) is 11.5. The van der Waals surface area contributed by atoms with Crippen LogP contribution in [-0.2, 0) is 4.79 Å². The molecule has 1 heterocycles. The fraction of sp³-hybridized carbons (Fsp3) is 0.154. The van der Waals surface area contributed by atoms with E-state index in [-0.39, 0.29) is 5.91 Å². The van der Waals surface area contributed by atoms with E-state index in [0.29, 0.717) is 22.4 Å². The van der Waals surface area contributed by atoms with Gasteiger partial charge in [0.15, 0.2) is 4.32 Å². The van der Waals surface area contributed by atoms with Crippen molar-refractivity contribution in [2.24, 2.45) is 0 Å². The van der Waals surface area contributed by atoms with Gasteiger partial charge >= 0.3 is 0 Å². The zero-order valence-electron chi connectivity index (χ0n) is 17.9. The molecule has 3 aromatic carbocycles. The molecule has 3 aromatic rings. The number of carbonyl (C=O) groups is 1. The average Bonchev–Trinajstić information content (AvgIpc) is 3.05. The summed E-state index contributed by atoms with van der Waals surface area (Å²) in [4.78, 5) is 15.0. The summed E-state index contributed by atoms with van der Waals surface area (Å²) in [6.07, 6.45) is 1.86. The van der Waals surface area contributed by atoms with Gasteiger partial charge in [0.1, 0.15) is 24.7 Å². The molecule has 0 N–H and O–H groups in total. The van der Waals surface area contributed by atoms with E-state index in [1.165, 1.54) is 22.9 Å². The Morgan fingerprint density at radius 1 is 0.875 bits per heavy atom. The number of hydrogen-bond donors (Lipinski definition) is 0. The molecule has 4 nitrogen and oxygen atoms in total. The number of aryl methyl sites for hydroxylation is 2. The minimum absolute atomic E-state index is 0.102. The summed E-state index contributed by atoms with van der Waals surface area (Å²) >= 11 is 6.73. The molecule has 0 aliphatic carbocycles. The molecule has 4 rings (SSSR count). The van der Waals surface area contributed by atoms with E-state index in [4.69, 9.17) is 21.7 Å². The van der Waals surface area contributed by atoms with Crippen molar-refractivity contribution in [2.75, 3.05) is 18.1 Å². The Bertz CT molecular complexity index is 1140. The van der Waals surface area contributed by atoms with Crippen LogP contribution in [-0.4, -0.2) is 23.4 Å². The molecule has 0 atom stereocenters. The number of hydrogen-bond acceptors (Lipinski definition) is 5. The van der Waals surface area contributed by atoms with Crippen LogP contribution in [0, 0.1) is 13.8 Å². The van der Waals surface area contributed by atoms with E-state index in [1.807, 2.05) is 72.8 Å². The summed E-state index contributed by atoms with van der Waals surface area (Å²) in [7, 11) is 0. The maximum atomic E-state index is 12.8. The van der Waals surface area contributed by atoms with Gasteiger partial charge in [0.25, 0.3) is 5.91 Å². The summed E-state index contributed by atoms with van der Waals surface area (Å²) in [6, 6.07) is 23.2. The van der Waals surface area contributed by atoms with Crippen molar-refractivity contribution in [1.82, 2.24) is 0 Å². The summed E-state index contributed by atoms with van der Waals surface area (Å²) in [5.74, 6) is 1.51. The molecule has 6 heteroatoms. The highest BCUT2D eigenvalue weighted by molar-refractivity contribution is 8.27. The topological polar surface area (TPSA) is 38.8 Å². The second-order valence-electron chi connectivity index (χ2n) is 7.44. The summed E-state index contributed by atoms with van der Waals surface area (Å²) < 4.78 is 12.1. The molecule has 0 aromatic heterocycles. The largest absolute Gasteiger partial charge is 0.490 e. The fourth-order valence-corrected chi connectivity index (χ4v) is 4.71. The second kappa shape index (κ2) is 10.0. The molecule has 1 aliphatic rings. The van der Waals surface area contributed by atoms with Crippen molar-refractivity contribution in [2.45, 2.75) is 13.8 Å². The summed E-state index contributed by atoms with van der Waals surface area (Å²) in [5, 5.41) is 0. The van der Waals surface area contributed by atoms with Crippen molar-refractivity contribution in [3.8, 4) is 11.5 Å². The number of nitrogens with zero attached hydrogens (tertiary/aromatic N) is 1. The molecule has 1 saturated heterocycles. The van der Waals surface area contributed by atoms with Crippen molar-refractivity contribution in [3.05, 3.63) is 94.4 Å². The Morgan fingerprint density at radius 3 is 2.16 bits per heavy atom. The smallest absolute Gasteiger partial charge is 0.270 e. The monoisotopic (exact) mass is 461 g/mol. The van der Waals surface area contributed by atoms with Gasteiger partial charge < -0.3 is 9.47 Å². The Balaban J connectivity index is 1.33. The van der Waals surface area contributed by atoms with Crippen LogP contribution in [0.5, 0.6) is 11.5 Å². The highest BCUT2D eigenvalue weighted by Crippen LogP contribution is 2.36. The maximum Gasteiger partial charge on any atom is 0.270 e. The lowest BCUT2D eigenvalue weighted by Gasteiger charge is -2.13. The predicted octanol–water partition coefficient (Wildman–Crippen LogP) is 6.17. The minimum Gasteiger partial charge on any atom is -0.490 e. The van der Waals surface area contributed by atoms with Gasteiger partial charge in [-0.15, -0.1) is 0 Å². The Kier molecular flexibility index (Phi) is 6.93. The third-order valence-electron chi connectivity index (χ3n) is 4.80. The summed E-state index contributed by atoms with van der Waals surface area (Å²) in [6.45, 7) is 5.02. The van der Waals surface area contributed by atoms with Gasteiger partial charge in [-0.1, -0.05) is 60.4 Å². The van der Waals surface area contributed by atoms with Crippen molar-refractivity contribution in [1.29, 1.82) is 0 Å². The number of thiocarbonyl (C=S) groups is 1. The lowest BCUT2D eigenvalue weighted by Crippen LogP contribution is -2.27. The molecule has 32 heavy (non-hydrogen) atoms. The normalized spacial score (nSPS) is 14.8. The minimum atomic E-state index is -0.102. The van der Waals surface area contributed by atoms with Crippen LogP contribution in [0.3, 0.4) is 0 Å². The number of para-hydroxylation sites is 1. The molecule has 1 fully saturated rings. The third kappa shape index (κ3) is 5.39. The first-order chi connectivity index (χ1) is 15.5. The van der Waals surface area contributed by atoms with Gasteiger partial charge in [-0.2, -0.15) is 0 Å². The van der Waals surface area contributed by atoms with E-state index in [1.54, 1.807) is 4.90 Å². The van der Waals surface area contributed by atoms with Crippen LogP contribution in [0.15, 0.2) is 77.7 Å². The van der Waals surface area contributed by atoms with E-state index in [2.05, 4.69) is 19.9 Å². The molecule has 0 radical (unpaired) electrons. The lowest BCUT2D eigenvalue weighted by molar-refractivity contribution is -0.113. The standard InChI is InChI=1S/C26H23NO3S2/c1-18-14-19(2)16-23(15-18)30-13-12-29-22-10-8-20(9-11-22)17-24-25(28)27(26(31)32-24)21-6-4-3-5-7-21/h3-11,14-17H,12-13H2,1-2H3/b24-17+. The van der Waals surface area contributed by atoms with Gasteiger partial charge in [0.2, 0.25) is 0 Å². The Hall–Kier alpha value is -3.09. The SMILES string of the molecule is Cc1cc(C)cc(OCCOc2ccc(/C=C3/SC(=S)N(c4ccccc4)C3=O)cc2)c1. The first-order valence-electron chi connectivity index (χ1n) is 10.3. The van der Waals surface area contributed by atoms with E-state index in [9.17, 15) is 4.79 Å². The molecule has 1 aliphatic heterocycles. The lowest BCUT2D eigenvalue weighted by atomic mass is 10.1. The highest BCUT2D eigenvalue weighted by Gasteiger charge is 2.33. The molecule has 1 amide bonds. The van der Waals surface area contributed by atoms with Crippen LogP contribution in [0.1, 0.15) is 16.7 Å². The quantitative estimate of drug-likeness (QED) is 0.239. The molecule has 162 valence electrons.